The number of nitrogens with one attached hydrogen (secondary N) is 2. The predicted octanol–water partition coefficient (Wildman–Crippen LogP) is 4.61. The van der Waals surface area contributed by atoms with Crippen molar-refractivity contribution in [2.75, 3.05) is 58.4 Å². The van der Waals surface area contributed by atoms with Gasteiger partial charge in [0.05, 0.1) is 24.6 Å². The number of piperidine rings is 2. The van der Waals surface area contributed by atoms with Gasteiger partial charge in [-0.05, 0) is 49.6 Å². The number of likely N-dealkylation sites (tertiary alicyclic amines) is 2. The number of nitrogens with zero attached hydrogens (tertiary/aromatic N) is 5. The number of hydrogen-bond donors (Lipinski definition) is 2. The van der Waals surface area contributed by atoms with Crippen molar-refractivity contribution in [3.05, 3.63) is 18.6 Å². The van der Waals surface area contributed by atoms with Gasteiger partial charge < -0.3 is 34.5 Å². The maximum atomic E-state index is 12.3. The van der Waals surface area contributed by atoms with E-state index in [1.807, 2.05) is 63.9 Å². The second-order valence-corrected chi connectivity index (χ2v) is 12.4. The number of aromatic amines is 1. The highest BCUT2D eigenvalue weighted by Crippen LogP contribution is 2.29. The summed E-state index contributed by atoms with van der Waals surface area (Å²) >= 11 is 0. The maximum Gasteiger partial charge on any atom is 0.409 e. The fourth-order valence-electron chi connectivity index (χ4n) is 5.29. The molecule has 41 heavy (non-hydrogen) atoms. The van der Waals surface area contributed by atoms with E-state index in [4.69, 9.17) is 9.47 Å². The van der Waals surface area contributed by atoms with Gasteiger partial charge in [-0.15, -0.1) is 0 Å². The van der Waals surface area contributed by atoms with E-state index in [-0.39, 0.29) is 18.2 Å². The third kappa shape index (κ3) is 8.95. The first-order chi connectivity index (χ1) is 19.5. The number of carbonyl (C=O) groups excluding carboxylic acids is 2. The van der Waals surface area contributed by atoms with Gasteiger partial charge in [-0.25, -0.2) is 19.6 Å². The number of likely N-dealkylation sites (N-methyl/N-ethyl adjacent to an activating group) is 2. The van der Waals surface area contributed by atoms with Crippen molar-refractivity contribution in [2.24, 2.45) is 23.7 Å². The molecule has 0 bridgehead atoms. The van der Waals surface area contributed by atoms with Crippen LogP contribution in [0.25, 0.3) is 11.0 Å². The average molecular weight is 574 g/mol. The third-order valence-electron chi connectivity index (χ3n) is 8.01. The van der Waals surface area contributed by atoms with Crippen molar-refractivity contribution in [1.82, 2.24) is 30.1 Å². The van der Waals surface area contributed by atoms with Crippen LogP contribution in [0.15, 0.2) is 18.6 Å². The molecule has 11 nitrogen and oxygen atoms in total. The topological polar surface area (TPSA) is 116 Å². The summed E-state index contributed by atoms with van der Waals surface area (Å²) in [6, 6.07) is 2.57. The molecule has 2 aromatic heterocycles. The number of carbonyl (C=O) groups is 2. The van der Waals surface area contributed by atoms with Gasteiger partial charge in [0.1, 0.15) is 17.8 Å². The molecule has 0 spiro atoms. The summed E-state index contributed by atoms with van der Waals surface area (Å²) in [5.74, 6) is 2.71. The molecule has 0 aromatic carbocycles. The Balaban J connectivity index is 0.000000250. The lowest BCUT2D eigenvalue weighted by molar-refractivity contribution is 0.0723. The Bertz CT molecular complexity index is 1110. The Labute approximate surface area is 245 Å². The van der Waals surface area contributed by atoms with E-state index in [1.165, 1.54) is 0 Å². The SMILES string of the molecule is CC(C)COC(=O)N1CCC(C)C(N(C)c2ncnc3[nH]ccc23)C1.CNC1CN(C(=O)OCC(C)C)CCC1C. The number of fused-ring (bicyclic) bond motifs is 1. The molecule has 2 amide bonds. The van der Waals surface area contributed by atoms with Crippen LogP contribution in [0, 0.1) is 23.7 Å². The zero-order chi connectivity index (χ0) is 30.1. The molecule has 2 aromatic rings. The summed E-state index contributed by atoms with van der Waals surface area (Å²) < 4.78 is 10.6. The first kappa shape index (κ1) is 32.4. The van der Waals surface area contributed by atoms with E-state index in [2.05, 4.69) is 39.0 Å². The van der Waals surface area contributed by atoms with Crippen LogP contribution >= 0.6 is 0 Å². The van der Waals surface area contributed by atoms with Gasteiger partial charge in [-0.3, -0.25) is 0 Å². The summed E-state index contributed by atoms with van der Waals surface area (Å²) in [4.78, 5) is 41.7. The van der Waals surface area contributed by atoms with Crippen LogP contribution < -0.4 is 10.2 Å². The second kappa shape index (κ2) is 15.2. The Morgan fingerprint density at radius 1 is 1.00 bits per heavy atom. The molecule has 0 aliphatic carbocycles. The van der Waals surface area contributed by atoms with Gasteiger partial charge in [0.25, 0.3) is 0 Å². The molecule has 4 heterocycles. The van der Waals surface area contributed by atoms with Crippen molar-refractivity contribution in [2.45, 2.75) is 66.5 Å². The number of hydrogen-bond acceptors (Lipinski definition) is 8. The van der Waals surface area contributed by atoms with Crippen molar-refractivity contribution < 1.29 is 19.1 Å². The molecular weight excluding hydrogens is 522 g/mol. The molecule has 0 radical (unpaired) electrons. The van der Waals surface area contributed by atoms with E-state index >= 15 is 0 Å². The van der Waals surface area contributed by atoms with Crippen LogP contribution in [0.3, 0.4) is 0 Å². The molecule has 2 aliphatic rings. The first-order valence-corrected chi connectivity index (χ1v) is 15.0. The number of H-pyrrole nitrogens is 1. The van der Waals surface area contributed by atoms with Crippen LogP contribution in [-0.4, -0.2) is 103 Å². The first-order valence-electron chi connectivity index (χ1n) is 15.0. The number of anilines is 1. The molecule has 4 unspecified atom stereocenters. The molecule has 4 atom stereocenters. The van der Waals surface area contributed by atoms with Gasteiger partial charge in [-0.2, -0.15) is 0 Å². The summed E-state index contributed by atoms with van der Waals surface area (Å²) in [5.41, 5.74) is 0.827. The molecule has 4 rings (SSSR count). The zero-order valence-electron chi connectivity index (χ0n) is 26.2. The fraction of sp³-hybridized carbons (Fsp3) is 0.733. The number of ether oxygens (including phenoxy) is 2. The highest BCUT2D eigenvalue weighted by Gasteiger charge is 2.33. The molecular formula is C30H51N7O4. The normalized spacial score (nSPS) is 22.9. The van der Waals surface area contributed by atoms with E-state index in [1.54, 1.807) is 6.33 Å². The van der Waals surface area contributed by atoms with Crippen LogP contribution in [0.4, 0.5) is 15.4 Å². The quantitative estimate of drug-likeness (QED) is 0.494. The molecule has 2 saturated heterocycles. The molecule has 2 aliphatic heterocycles. The minimum absolute atomic E-state index is 0.166. The fourth-order valence-corrected chi connectivity index (χ4v) is 5.29. The largest absolute Gasteiger partial charge is 0.449 e. The third-order valence-corrected chi connectivity index (χ3v) is 8.01. The van der Waals surface area contributed by atoms with Crippen molar-refractivity contribution in [3.63, 3.8) is 0 Å². The summed E-state index contributed by atoms with van der Waals surface area (Å²) in [6.07, 6.45) is 5.06. The van der Waals surface area contributed by atoms with Crippen LogP contribution in [0.5, 0.6) is 0 Å². The van der Waals surface area contributed by atoms with E-state index < -0.39 is 0 Å². The predicted molar refractivity (Wildman–Crippen MR) is 162 cm³/mol. The van der Waals surface area contributed by atoms with Gasteiger partial charge in [0.15, 0.2) is 0 Å². The lowest BCUT2D eigenvalue weighted by Crippen LogP contribution is -2.53. The Hall–Kier alpha value is -3.08. The highest BCUT2D eigenvalue weighted by molar-refractivity contribution is 5.87. The van der Waals surface area contributed by atoms with E-state index in [9.17, 15) is 9.59 Å². The smallest absolute Gasteiger partial charge is 0.409 e. The van der Waals surface area contributed by atoms with Crippen molar-refractivity contribution in [1.29, 1.82) is 0 Å². The van der Waals surface area contributed by atoms with Gasteiger partial charge in [-0.1, -0.05) is 41.5 Å². The molecule has 230 valence electrons. The zero-order valence-corrected chi connectivity index (χ0v) is 26.2. The lowest BCUT2D eigenvalue weighted by atomic mass is 9.92. The van der Waals surface area contributed by atoms with Gasteiger partial charge in [0, 0.05) is 45.5 Å². The van der Waals surface area contributed by atoms with Crippen molar-refractivity contribution in [3.8, 4) is 0 Å². The Morgan fingerprint density at radius 3 is 2.17 bits per heavy atom. The van der Waals surface area contributed by atoms with E-state index in [0.717, 1.165) is 49.3 Å². The van der Waals surface area contributed by atoms with Crippen LogP contribution in [-0.2, 0) is 9.47 Å². The van der Waals surface area contributed by atoms with E-state index in [0.29, 0.717) is 49.5 Å². The summed E-state index contributed by atoms with van der Waals surface area (Å²) in [7, 11) is 3.99. The average Bonchev–Trinajstić information content (AvgIpc) is 3.44. The maximum absolute atomic E-state index is 12.3. The van der Waals surface area contributed by atoms with Crippen LogP contribution in [0.1, 0.15) is 54.4 Å². The Kier molecular flexibility index (Phi) is 12.1. The minimum Gasteiger partial charge on any atom is -0.449 e. The highest BCUT2D eigenvalue weighted by atomic mass is 16.6. The summed E-state index contributed by atoms with van der Waals surface area (Å²) in [5, 5.41) is 4.25. The minimum atomic E-state index is -0.214. The number of rotatable bonds is 7. The molecule has 0 saturated carbocycles. The van der Waals surface area contributed by atoms with Gasteiger partial charge in [0.2, 0.25) is 0 Å². The monoisotopic (exact) mass is 573 g/mol. The molecule has 2 N–H and O–H groups in total. The Morgan fingerprint density at radius 2 is 1.59 bits per heavy atom. The summed E-state index contributed by atoms with van der Waals surface area (Å²) in [6.45, 7) is 16.5. The number of amides is 2. The second-order valence-electron chi connectivity index (χ2n) is 12.4. The standard InChI is InChI=1S/C18H27N5O2.C12H24N2O2/c1-12(2)10-25-18(24)23-8-6-13(3)15(9-23)22(4)17-14-5-7-19-16(14)20-11-21-17;1-9(2)8-16-12(15)14-6-5-10(3)11(7-14)13-4/h5,7,11-13,15H,6,8-10H2,1-4H3,(H,19,20,21);9-11,13H,5-8H2,1-4H3. The van der Waals surface area contributed by atoms with Gasteiger partial charge >= 0.3 is 12.2 Å². The van der Waals surface area contributed by atoms with Crippen molar-refractivity contribution >= 4 is 29.0 Å². The molecule has 11 heteroatoms. The lowest BCUT2D eigenvalue weighted by Gasteiger charge is -2.41. The number of aromatic nitrogens is 3. The van der Waals surface area contributed by atoms with Crippen LogP contribution in [0.2, 0.25) is 0 Å². The molecule has 2 fully saturated rings.